The first-order chi connectivity index (χ1) is 8.29. The molecule has 5 heteroatoms. The second-order valence-electron chi connectivity index (χ2n) is 4.46. The second kappa shape index (κ2) is 4.40. The van der Waals surface area contributed by atoms with E-state index in [2.05, 4.69) is 40.1 Å². The van der Waals surface area contributed by atoms with Crippen molar-refractivity contribution >= 4 is 21.6 Å². The van der Waals surface area contributed by atoms with Gasteiger partial charge in [0, 0.05) is 11.9 Å². The average molecular weight is 251 g/mol. The summed E-state index contributed by atoms with van der Waals surface area (Å²) in [6.45, 7) is 5.79. The molecule has 0 fully saturated rings. The summed E-state index contributed by atoms with van der Waals surface area (Å²) in [6.07, 6.45) is 0.160. The number of likely N-dealkylation sites (N-methyl/N-ethyl adjacent to an activating group) is 1. The highest BCUT2D eigenvalue weighted by molar-refractivity contribution is 7.16. The van der Waals surface area contributed by atoms with Crippen LogP contribution in [0.25, 0.3) is 10.2 Å². The summed E-state index contributed by atoms with van der Waals surface area (Å²) >= 11 is 1.71. The number of aromatic nitrogens is 2. The van der Waals surface area contributed by atoms with E-state index in [0.29, 0.717) is 0 Å². The zero-order valence-electron chi connectivity index (χ0n) is 10.2. The molecule has 0 bridgehead atoms. The highest BCUT2D eigenvalue weighted by atomic mass is 32.1. The average Bonchev–Trinajstić information content (AvgIpc) is 2.88. The fourth-order valence-electron chi connectivity index (χ4n) is 2.30. The number of hydrogen-bond acceptors (Lipinski definition) is 4. The molecular formula is C12H17N3OS. The highest BCUT2D eigenvalue weighted by Crippen LogP contribution is 2.32. The van der Waals surface area contributed by atoms with Crippen LogP contribution in [0.5, 0.6) is 0 Å². The normalized spacial score (nSPS) is 20.1. The van der Waals surface area contributed by atoms with Gasteiger partial charge in [-0.05, 0) is 25.0 Å². The molecule has 1 aliphatic rings. The Morgan fingerprint density at radius 3 is 3.35 bits per heavy atom. The number of rotatable bonds is 3. The topological polar surface area (TPSA) is 30.3 Å². The van der Waals surface area contributed by atoms with Crippen LogP contribution in [0.3, 0.4) is 0 Å². The molecule has 1 atom stereocenters. The van der Waals surface area contributed by atoms with Gasteiger partial charge in [0.1, 0.15) is 10.9 Å². The minimum Gasteiger partial charge on any atom is -0.369 e. The van der Waals surface area contributed by atoms with Crippen molar-refractivity contribution in [2.45, 2.75) is 19.6 Å². The van der Waals surface area contributed by atoms with Gasteiger partial charge in [-0.15, -0.1) is 11.3 Å². The van der Waals surface area contributed by atoms with Crippen LogP contribution in [-0.4, -0.2) is 41.4 Å². The first kappa shape index (κ1) is 11.2. The Morgan fingerprint density at radius 1 is 1.65 bits per heavy atom. The van der Waals surface area contributed by atoms with Crippen LogP contribution in [0.4, 0.5) is 0 Å². The molecule has 0 spiro atoms. The minimum atomic E-state index is 0.160. The first-order valence-corrected chi connectivity index (χ1v) is 6.91. The molecule has 3 rings (SSSR count). The van der Waals surface area contributed by atoms with Crippen molar-refractivity contribution in [3.05, 3.63) is 17.1 Å². The number of fused-ring (bicyclic) bond motifs is 3. The van der Waals surface area contributed by atoms with Crippen molar-refractivity contribution in [1.82, 2.24) is 14.7 Å². The first-order valence-electron chi connectivity index (χ1n) is 6.03. The summed E-state index contributed by atoms with van der Waals surface area (Å²) in [7, 11) is 2.13. The van der Waals surface area contributed by atoms with Gasteiger partial charge in [0.05, 0.1) is 18.8 Å². The van der Waals surface area contributed by atoms with Crippen LogP contribution < -0.4 is 0 Å². The zero-order chi connectivity index (χ0) is 11.8. The van der Waals surface area contributed by atoms with Crippen molar-refractivity contribution in [3.8, 4) is 0 Å². The molecule has 0 saturated carbocycles. The van der Waals surface area contributed by atoms with Gasteiger partial charge in [0.25, 0.3) is 0 Å². The Hall–Kier alpha value is -0.910. The molecule has 92 valence electrons. The molecule has 0 N–H and O–H groups in total. The maximum Gasteiger partial charge on any atom is 0.145 e. The third-order valence-corrected chi connectivity index (χ3v) is 4.15. The standard InChI is InChI=1S/C12H17N3OS/c1-3-14(2)8-10-11-9-4-7-17-12(9)13-15(11)5-6-16-10/h4,7,10H,3,5-6,8H2,1-2H3/t10-/m0/s1. The smallest absolute Gasteiger partial charge is 0.145 e. The van der Waals surface area contributed by atoms with Crippen molar-refractivity contribution < 1.29 is 4.74 Å². The summed E-state index contributed by atoms with van der Waals surface area (Å²) in [5, 5.41) is 8.01. The summed E-state index contributed by atoms with van der Waals surface area (Å²) in [6, 6.07) is 2.16. The van der Waals surface area contributed by atoms with Gasteiger partial charge in [0.15, 0.2) is 0 Å². The molecule has 0 aromatic carbocycles. The van der Waals surface area contributed by atoms with E-state index < -0.39 is 0 Å². The second-order valence-corrected chi connectivity index (χ2v) is 5.36. The molecular weight excluding hydrogens is 234 g/mol. The lowest BCUT2D eigenvalue weighted by atomic mass is 10.1. The maximum atomic E-state index is 5.91. The van der Waals surface area contributed by atoms with E-state index >= 15 is 0 Å². The fourth-order valence-corrected chi connectivity index (χ4v) is 3.08. The van der Waals surface area contributed by atoms with Gasteiger partial charge in [0.2, 0.25) is 0 Å². The van der Waals surface area contributed by atoms with Crippen LogP contribution in [0.2, 0.25) is 0 Å². The lowest BCUT2D eigenvalue weighted by Gasteiger charge is -2.28. The van der Waals surface area contributed by atoms with Crippen LogP contribution in [0.15, 0.2) is 11.4 Å². The quantitative estimate of drug-likeness (QED) is 0.837. The Kier molecular flexibility index (Phi) is 2.90. The Balaban J connectivity index is 1.99. The summed E-state index contributed by atoms with van der Waals surface area (Å²) in [5.41, 5.74) is 1.26. The van der Waals surface area contributed by atoms with E-state index in [9.17, 15) is 0 Å². The molecule has 0 aliphatic carbocycles. The maximum absolute atomic E-state index is 5.91. The Labute approximate surface area is 105 Å². The molecule has 0 unspecified atom stereocenters. The van der Waals surface area contributed by atoms with E-state index in [0.717, 1.165) is 31.1 Å². The van der Waals surface area contributed by atoms with Gasteiger partial charge >= 0.3 is 0 Å². The molecule has 0 saturated heterocycles. The van der Waals surface area contributed by atoms with Crippen molar-refractivity contribution in [3.63, 3.8) is 0 Å². The third kappa shape index (κ3) is 1.88. The van der Waals surface area contributed by atoms with E-state index in [4.69, 9.17) is 4.74 Å². The Morgan fingerprint density at radius 2 is 2.53 bits per heavy atom. The molecule has 0 amide bonds. The SMILES string of the molecule is CCN(C)C[C@@H]1OCCn2nc3sccc3c21. The van der Waals surface area contributed by atoms with Crippen molar-refractivity contribution in [2.75, 3.05) is 26.7 Å². The number of thiophene rings is 1. The lowest BCUT2D eigenvalue weighted by Crippen LogP contribution is -2.31. The lowest BCUT2D eigenvalue weighted by molar-refractivity contribution is 0.000556. The highest BCUT2D eigenvalue weighted by Gasteiger charge is 2.26. The van der Waals surface area contributed by atoms with Crippen LogP contribution in [0.1, 0.15) is 18.7 Å². The monoisotopic (exact) mass is 251 g/mol. The van der Waals surface area contributed by atoms with Gasteiger partial charge in [-0.25, -0.2) is 0 Å². The number of ether oxygens (including phenoxy) is 1. The van der Waals surface area contributed by atoms with E-state index in [1.165, 1.54) is 11.1 Å². The largest absolute Gasteiger partial charge is 0.369 e. The summed E-state index contributed by atoms with van der Waals surface area (Å²) < 4.78 is 8.04. The third-order valence-electron chi connectivity index (χ3n) is 3.35. The minimum absolute atomic E-state index is 0.160. The summed E-state index contributed by atoms with van der Waals surface area (Å²) in [4.78, 5) is 3.42. The van der Waals surface area contributed by atoms with Crippen molar-refractivity contribution in [1.29, 1.82) is 0 Å². The molecule has 2 aromatic rings. The van der Waals surface area contributed by atoms with Crippen molar-refractivity contribution in [2.24, 2.45) is 0 Å². The fraction of sp³-hybridized carbons (Fsp3) is 0.583. The van der Waals surface area contributed by atoms with Crippen LogP contribution >= 0.6 is 11.3 Å². The molecule has 2 aromatic heterocycles. The Bertz CT molecular complexity index is 519. The van der Waals surface area contributed by atoms with Crippen LogP contribution in [-0.2, 0) is 11.3 Å². The van der Waals surface area contributed by atoms with Gasteiger partial charge in [-0.1, -0.05) is 6.92 Å². The molecule has 3 heterocycles. The van der Waals surface area contributed by atoms with Gasteiger partial charge in [-0.3, -0.25) is 4.68 Å². The van der Waals surface area contributed by atoms with E-state index in [1.54, 1.807) is 11.3 Å². The molecule has 0 radical (unpaired) electrons. The van der Waals surface area contributed by atoms with Crippen LogP contribution in [0, 0.1) is 0 Å². The predicted octanol–water partition coefficient (Wildman–Crippen LogP) is 2.12. The predicted molar refractivity (Wildman–Crippen MR) is 69.5 cm³/mol. The van der Waals surface area contributed by atoms with E-state index in [-0.39, 0.29) is 6.10 Å². The molecule has 4 nitrogen and oxygen atoms in total. The van der Waals surface area contributed by atoms with E-state index in [1.807, 2.05) is 0 Å². The zero-order valence-corrected chi connectivity index (χ0v) is 11.0. The number of nitrogens with zero attached hydrogens (tertiary/aromatic N) is 3. The van der Waals surface area contributed by atoms with Gasteiger partial charge in [-0.2, -0.15) is 5.10 Å². The summed E-state index contributed by atoms with van der Waals surface area (Å²) in [5.74, 6) is 0. The molecule has 1 aliphatic heterocycles. The van der Waals surface area contributed by atoms with Gasteiger partial charge < -0.3 is 9.64 Å². The number of hydrogen-bond donors (Lipinski definition) is 0. The molecule has 17 heavy (non-hydrogen) atoms.